The van der Waals surface area contributed by atoms with Crippen LogP contribution in [0.15, 0.2) is 60.8 Å². The number of amides is 2. The number of nitrogens with zero attached hydrogens (tertiary/aromatic N) is 3. The first-order valence-electron chi connectivity index (χ1n) is 9.17. The predicted molar refractivity (Wildman–Crippen MR) is 121 cm³/mol. The van der Waals surface area contributed by atoms with Crippen LogP contribution in [0.4, 0.5) is 27.9 Å². The molecule has 1 aromatic heterocycles. The fraction of sp³-hybridized carbons (Fsp3) is 0.190. The van der Waals surface area contributed by atoms with Gasteiger partial charge in [-0.2, -0.15) is 4.98 Å². The summed E-state index contributed by atoms with van der Waals surface area (Å²) in [6.45, 7) is 2.44. The van der Waals surface area contributed by atoms with Crippen molar-refractivity contribution in [3.8, 4) is 0 Å². The summed E-state index contributed by atoms with van der Waals surface area (Å²) in [4.78, 5) is 23.4. The second-order valence-corrected chi connectivity index (χ2v) is 7.31. The topological polar surface area (TPSA) is 79.4 Å². The summed E-state index contributed by atoms with van der Waals surface area (Å²) in [6, 6.07) is 15.3. The molecular weight excluding hydrogens is 425 g/mol. The van der Waals surface area contributed by atoms with E-state index in [9.17, 15) is 4.79 Å². The second kappa shape index (κ2) is 10.2. The van der Waals surface area contributed by atoms with Crippen LogP contribution in [0.5, 0.6) is 0 Å². The lowest BCUT2D eigenvalue weighted by molar-refractivity contribution is 0.190. The molecule has 0 saturated carbocycles. The molecule has 1 unspecified atom stereocenters. The van der Waals surface area contributed by atoms with E-state index in [-0.39, 0.29) is 6.04 Å². The minimum absolute atomic E-state index is 0.00266. The molecule has 2 amide bonds. The smallest absolute Gasteiger partial charge is 0.332 e. The van der Waals surface area contributed by atoms with Gasteiger partial charge in [-0.05, 0) is 37.3 Å². The number of aromatic nitrogens is 2. The van der Waals surface area contributed by atoms with Crippen LogP contribution in [0.25, 0.3) is 0 Å². The van der Waals surface area contributed by atoms with Gasteiger partial charge in [0.2, 0.25) is 5.95 Å². The molecule has 0 bridgehead atoms. The number of ether oxygens (including phenoxy) is 1. The first kappa shape index (κ1) is 21.8. The van der Waals surface area contributed by atoms with Crippen LogP contribution in [-0.2, 0) is 4.74 Å². The van der Waals surface area contributed by atoms with Crippen molar-refractivity contribution in [3.63, 3.8) is 0 Å². The Morgan fingerprint density at radius 3 is 2.63 bits per heavy atom. The molecule has 0 aliphatic rings. The molecule has 156 valence electrons. The Hall–Kier alpha value is -2.87. The summed E-state index contributed by atoms with van der Waals surface area (Å²) in [5, 5.41) is 6.78. The molecule has 1 heterocycles. The van der Waals surface area contributed by atoms with Gasteiger partial charge in [0.05, 0.1) is 23.0 Å². The zero-order valence-corrected chi connectivity index (χ0v) is 18.0. The van der Waals surface area contributed by atoms with E-state index in [1.54, 1.807) is 37.6 Å². The van der Waals surface area contributed by atoms with Gasteiger partial charge in [0.1, 0.15) is 5.82 Å². The minimum Gasteiger partial charge on any atom is -0.383 e. The normalized spacial score (nSPS) is 11.6. The molecule has 0 radical (unpaired) electrons. The summed E-state index contributed by atoms with van der Waals surface area (Å²) in [5.74, 6) is 0.779. The van der Waals surface area contributed by atoms with E-state index in [1.807, 2.05) is 37.3 Å². The van der Waals surface area contributed by atoms with Crippen LogP contribution < -0.4 is 15.5 Å². The molecule has 7 nitrogen and oxygen atoms in total. The van der Waals surface area contributed by atoms with Gasteiger partial charge in [0.25, 0.3) is 0 Å². The molecule has 0 aliphatic carbocycles. The number of carbonyl (C=O) groups excluding carboxylic acids is 1. The third kappa shape index (κ3) is 5.60. The van der Waals surface area contributed by atoms with E-state index in [2.05, 4.69) is 20.6 Å². The van der Waals surface area contributed by atoms with Crippen molar-refractivity contribution in [2.75, 3.05) is 29.3 Å². The van der Waals surface area contributed by atoms with Crippen molar-refractivity contribution in [3.05, 3.63) is 70.8 Å². The molecule has 0 spiro atoms. The number of hydrogen-bond acceptors (Lipinski definition) is 5. The van der Waals surface area contributed by atoms with Gasteiger partial charge < -0.3 is 15.4 Å². The first-order valence-corrected chi connectivity index (χ1v) is 9.93. The zero-order valence-electron chi connectivity index (χ0n) is 16.5. The van der Waals surface area contributed by atoms with Crippen molar-refractivity contribution in [1.29, 1.82) is 0 Å². The Morgan fingerprint density at radius 2 is 1.93 bits per heavy atom. The Labute approximate surface area is 185 Å². The second-order valence-electron chi connectivity index (χ2n) is 6.46. The number of rotatable bonds is 7. The summed E-state index contributed by atoms with van der Waals surface area (Å²) in [7, 11) is 1.62. The Kier molecular flexibility index (Phi) is 7.46. The number of urea groups is 1. The highest BCUT2D eigenvalue weighted by molar-refractivity contribution is 6.36. The van der Waals surface area contributed by atoms with Gasteiger partial charge in [-0.1, -0.05) is 41.4 Å². The van der Waals surface area contributed by atoms with Gasteiger partial charge in [-0.15, -0.1) is 0 Å². The van der Waals surface area contributed by atoms with Crippen LogP contribution >= 0.6 is 23.2 Å². The van der Waals surface area contributed by atoms with Gasteiger partial charge in [-0.3, -0.25) is 0 Å². The number of benzene rings is 2. The van der Waals surface area contributed by atoms with Crippen LogP contribution in [0.3, 0.4) is 0 Å². The molecule has 0 aliphatic heterocycles. The lowest BCUT2D eigenvalue weighted by Crippen LogP contribution is -2.32. The summed E-state index contributed by atoms with van der Waals surface area (Å²) >= 11 is 12.2. The van der Waals surface area contributed by atoms with Crippen molar-refractivity contribution >= 4 is 52.4 Å². The summed E-state index contributed by atoms with van der Waals surface area (Å²) in [5.41, 5.74) is 1.07. The maximum atomic E-state index is 13.2. The number of nitrogens with one attached hydrogen (secondary N) is 2. The molecule has 3 rings (SSSR count). The van der Waals surface area contributed by atoms with E-state index >= 15 is 0 Å². The van der Waals surface area contributed by atoms with E-state index in [1.165, 1.54) is 4.90 Å². The lowest BCUT2D eigenvalue weighted by Gasteiger charge is -2.23. The number of hydrogen-bond donors (Lipinski definition) is 2. The van der Waals surface area contributed by atoms with Crippen molar-refractivity contribution in [1.82, 2.24) is 9.97 Å². The van der Waals surface area contributed by atoms with Crippen LogP contribution in [0, 0.1) is 0 Å². The molecular formula is C21H21Cl2N5O2. The molecule has 3 aromatic rings. The average molecular weight is 446 g/mol. The monoisotopic (exact) mass is 445 g/mol. The summed E-state index contributed by atoms with van der Waals surface area (Å²) < 4.78 is 5.13. The highest BCUT2D eigenvalue weighted by Crippen LogP contribution is 2.29. The van der Waals surface area contributed by atoms with Gasteiger partial charge in [0, 0.05) is 30.4 Å². The number of halogens is 2. The van der Waals surface area contributed by atoms with E-state index in [4.69, 9.17) is 27.9 Å². The lowest BCUT2D eigenvalue weighted by atomic mass is 10.3. The van der Waals surface area contributed by atoms with Gasteiger partial charge in [-0.25, -0.2) is 14.7 Å². The molecule has 30 heavy (non-hydrogen) atoms. The van der Waals surface area contributed by atoms with Crippen molar-refractivity contribution in [2.45, 2.75) is 13.0 Å². The zero-order chi connectivity index (χ0) is 21.5. The largest absolute Gasteiger partial charge is 0.383 e. The fourth-order valence-electron chi connectivity index (χ4n) is 2.75. The fourth-order valence-corrected chi connectivity index (χ4v) is 3.20. The maximum absolute atomic E-state index is 13.2. The van der Waals surface area contributed by atoms with Crippen LogP contribution in [-0.4, -0.2) is 35.8 Å². The number of anilines is 4. The predicted octanol–water partition coefficient (Wildman–Crippen LogP) is 5.60. The molecule has 0 fully saturated rings. The van der Waals surface area contributed by atoms with Crippen LogP contribution in [0.2, 0.25) is 10.0 Å². The molecule has 2 N–H and O–H groups in total. The highest BCUT2D eigenvalue weighted by Gasteiger charge is 2.21. The van der Waals surface area contributed by atoms with Gasteiger partial charge >= 0.3 is 6.03 Å². The Morgan fingerprint density at radius 1 is 1.17 bits per heavy atom. The van der Waals surface area contributed by atoms with Crippen LogP contribution in [0.1, 0.15) is 6.92 Å². The quantitative estimate of drug-likeness (QED) is 0.494. The number of para-hydroxylation sites is 1. The number of carbonyl (C=O) groups is 1. The van der Waals surface area contributed by atoms with E-state index in [0.717, 1.165) is 0 Å². The Balaban J connectivity index is 1.93. The molecule has 1 atom stereocenters. The minimum atomic E-state index is -0.431. The molecule has 0 saturated heterocycles. The Bertz CT molecular complexity index is 1000. The van der Waals surface area contributed by atoms with Crippen molar-refractivity contribution in [2.24, 2.45) is 0 Å². The van der Waals surface area contributed by atoms with E-state index < -0.39 is 6.03 Å². The third-order valence-corrected chi connectivity index (χ3v) is 4.60. The highest BCUT2D eigenvalue weighted by atomic mass is 35.5. The van der Waals surface area contributed by atoms with Gasteiger partial charge in [0.15, 0.2) is 0 Å². The maximum Gasteiger partial charge on any atom is 0.332 e. The first-order chi connectivity index (χ1) is 14.5. The SMILES string of the molecule is COCC(C)Nc1nccc(N(C(=O)Nc2ccc(Cl)cc2Cl)c2ccccc2)n1. The summed E-state index contributed by atoms with van der Waals surface area (Å²) in [6.07, 6.45) is 1.59. The number of methoxy groups -OCH3 is 1. The van der Waals surface area contributed by atoms with Crippen molar-refractivity contribution < 1.29 is 9.53 Å². The molecule has 9 heteroatoms. The van der Waals surface area contributed by atoms with E-state index in [0.29, 0.717) is 39.8 Å². The average Bonchev–Trinajstić information content (AvgIpc) is 2.71. The standard InChI is InChI=1S/C21H21Cl2N5O2/c1-14(13-30-2)25-20-24-11-10-19(27-20)28(16-6-4-3-5-7-16)21(29)26-18-9-8-15(22)12-17(18)23/h3-12,14H,13H2,1-2H3,(H,26,29)(H,24,25,27). The molecule has 2 aromatic carbocycles. The third-order valence-electron chi connectivity index (χ3n) is 4.05.